The minimum atomic E-state index is -1.27. The monoisotopic (exact) mass is 380 g/mol. The SMILES string of the molecule is Cn1cc(C(=O)O)c(=O)c2cc(N)c(N3CCN(c4ccccn4)CC3)nc21. The molecular formula is C19H20N6O3. The molecule has 0 spiro atoms. The highest BCUT2D eigenvalue weighted by molar-refractivity contribution is 5.93. The smallest absolute Gasteiger partial charge is 0.341 e. The molecule has 1 aliphatic heterocycles. The minimum Gasteiger partial charge on any atom is -0.477 e. The molecule has 0 aliphatic carbocycles. The average molecular weight is 380 g/mol. The van der Waals surface area contributed by atoms with Gasteiger partial charge in [0.15, 0.2) is 5.82 Å². The third kappa shape index (κ3) is 3.00. The first-order valence-corrected chi connectivity index (χ1v) is 8.90. The molecule has 0 atom stereocenters. The maximum Gasteiger partial charge on any atom is 0.341 e. The van der Waals surface area contributed by atoms with E-state index in [1.165, 1.54) is 12.3 Å². The predicted molar refractivity (Wildman–Crippen MR) is 107 cm³/mol. The van der Waals surface area contributed by atoms with Gasteiger partial charge >= 0.3 is 5.97 Å². The quantitative estimate of drug-likeness (QED) is 0.689. The molecule has 9 heteroatoms. The topological polar surface area (TPSA) is 118 Å². The Morgan fingerprint density at radius 3 is 2.54 bits per heavy atom. The summed E-state index contributed by atoms with van der Waals surface area (Å²) >= 11 is 0. The molecule has 0 bridgehead atoms. The Labute approximate surface area is 160 Å². The molecule has 28 heavy (non-hydrogen) atoms. The first-order chi connectivity index (χ1) is 13.5. The van der Waals surface area contributed by atoms with E-state index in [1.54, 1.807) is 17.8 Å². The van der Waals surface area contributed by atoms with Gasteiger partial charge in [-0.15, -0.1) is 0 Å². The summed E-state index contributed by atoms with van der Waals surface area (Å²) in [5.41, 5.74) is 6.08. The molecule has 0 amide bonds. The molecule has 3 aromatic rings. The highest BCUT2D eigenvalue weighted by Crippen LogP contribution is 2.26. The lowest BCUT2D eigenvalue weighted by molar-refractivity contribution is 0.0695. The van der Waals surface area contributed by atoms with Gasteiger partial charge in [-0.05, 0) is 18.2 Å². The highest BCUT2D eigenvalue weighted by atomic mass is 16.4. The molecule has 4 rings (SSSR count). The van der Waals surface area contributed by atoms with Crippen LogP contribution in [0.1, 0.15) is 10.4 Å². The number of carboxylic acids is 1. The Kier molecular flexibility index (Phi) is 4.34. The summed E-state index contributed by atoms with van der Waals surface area (Å²) in [7, 11) is 1.67. The van der Waals surface area contributed by atoms with Crippen LogP contribution in [0.15, 0.2) is 41.5 Å². The number of pyridine rings is 3. The number of carboxylic acid groups (broad SMARTS) is 1. The second kappa shape index (κ2) is 6.84. The molecular weight excluding hydrogens is 360 g/mol. The van der Waals surface area contributed by atoms with E-state index in [9.17, 15) is 14.7 Å². The van der Waals surface area contributed by atoms with E-state index in [4.69, 9.17) is 5.73 Å². The van der Waals surface area contributed by atoms with Gasteiger partial charge in [0.25, 0.3) is 0 Å². The van der Waals surface area contributed by atoms with Crippen LogP contribution < -0.4 is 21.0 Å². The van der Waals surface area contributed by atoms with Crippen LogP contribution in [0.3, 0.4) is 0 Å². The Morgan fingerprint density at radius 1 is 1.18 bits per heavy atom. The number of hydrogen-bond donors (Lipinski definition) is 2. The summed E-state index contributed by atoms with van der Waals surface area (Å²) in [6, 6.07) is 7.36. The third-order valence-corrected chi connectivity index (χ3v) is 4.94. The molecule has 4 heterocycles. The molecule has 144 valence electrons. The molecule has 3 N–H and O–H groups in total. The Morgan fingerprint density at radius 2 is 1.89 bits per heavy atom. The van der Waals surface area contributed by atoms with E-state index in [-0.39, 0.29) is 10.9 Å². The van der Waals surface area contributed by atoms with Crippen molar-refractivity contribution in [1.82, 2.24) is 14.5 Å². The number of fused-ring (bicyclic) bond motifs is 1. The van der Waals surface area contributed by atoms with Crippen LogP contribution in [-0.4, -0.2) is 51.8 Å². The van der Waals surface area contributed by atoms with Gasteiger partial charge in [-0.25, -0.2) is 14.8 Å². The van der Waals surface area contributed by atoms with Crippen LogP contribution in [0.25, 0.3) is 11.0 Å². The molecule has 1 aliphatic rings. The highest BCUT2D eigenvalue weighted by Gasteiger charge is 2.22. The number of nitrogen functional groups attached to an aromatic ring is 1. The Balaban J connectivity index is 1.66. The van der Waals surface area contributed by atoms with Gasteiger partial charge < -0.3 is 25.2 Å². The van der Waals surface area contributed by atoms with Gasteiger partial charge in [0.05, 0.1) is 11.1 Å². The van der Waals surface area contributed by atoms with Crippen molar-refractivity contribution in [1.29, 1.82) is 0 Å². The number of nitrogens with zero attached hydrogens (tertiary/aromatic N) is 5. The number of rotatable bonds is 3. The standard InChI is InChI=1S/C19H20N6O3/c1-23-11-13(19(27)28)16(26)12-10-14(20)18(22-17(12)23)25-8-6-24(7-9-25)15-4-2-3-5-21-15/h2-5,10-11H,6-9,20H2,1H3,(H,27,28). The summed E-state index contributed by atoms with van der Waals surface area (Å²) in [5, 5.41) is 9.42. The summed E-state index contributed by atoms with van der Waals surface area (Å²) in [5.74, 6) is 0.271. The predicted octanol–water partition coefficient (Wildman–Crippen LogP) is 0.935. The van der Waals surface area contributed by atoms with Gasteiger partial charge in [0.1, 0.15) is 17.0 Å². The third-order valence-electron chi connectivity index (χ3n) is 4.94. The second-order valence-electron chi connectivity index (χ2n) is 6.72. The van der Waals surface area contributed by atoms with E-state index in [2.05, 4.69) is 19.8 Å². The van der Waals surface area contributed by atoms with Gasteiger partial charge in [-0.1, -0.05) is 6.07 Å². The van der Waals surface area contributed by atoms with Crippen molar-refractivity contribution in [3.8, 4) is 0 Å². The lowest BCUT2D eigenvalue weighted by Gasteiger charge is -2.36. The number of nitrogens with two attached hydrogens (primary N) is 1. The van der Waals surface area contributed by atoms with Crippen molar-refractivity contribution in [2.45, 2.75) is 0 Å². The van der Waals surface area contributed by atoms with E-state index >= 15 is 0 Å². The zero-order valence-electron chi connectivity index (χ0n) is 15.4. The first kappa shape index (κ1) is 17.8. The molecule has 0 radical (unpaired) electrons. The maximum absolute atomic E-state index is 12.4. The molecule has 1 fully saturated rings. The largest absolute Gasteiger partial charge is 0.477 e. The lowest BCUT2D eigenvalue weighted by Crippen LogP contribution is -2.47. The summed E-state index contributed by atoms with van der Waals surface area (Å²) < 4.78 is 1.55. The van der Waals surface area contributed by atoms with Gasteiger partial charge in [0, 0.05) is 45.6 Å². The minimum absolute atomic E-state index is 0.204. The van der Waals surface area contributed by atoms with Crippen molar-refractivity contribution < 1.29 is 9.90 Å². The number of aryl methyl sites for hydroxylation is 1. The number of hydrogen-bond acceptors (Lipinski definition) is 7. The molecule has 0 aromatic carbocycles. The van der Waals surface area contributed by atoms with Crippen molar-refractivity contribution in [2.75, 3.05) is 41.7 Å². The van der Waals surface area contributed by atoms with E-state index < -0.39 is 11.4 Å². The fraction of sp³-hybridized carbons (Fsp3) is 0.263. The number of piperazine rings is 1. The lowest BCUT2D eigenvalue weighted by atomic mass is 10.1. The van der Waals surface area contributed by atoms with Crippen molar-refractivity contribution in [3.63, 3.8) is 0 Å². The molecule has 0 saturated carbocycles. The fourth-order valence-electron chi connectivity index (χ4n) is 3.50. The summed E-state index contributed by atoms with van der Waals surface area (Å²) in [4.78, 5) is 37.0. The van der Waals surface area contributed by atoms with Crippen molar-refractivity contribution >= 4 is 34.3 Å². The molecule has 1 saturated heterocycles. The fourth-order valence-corrected chi connectivity index (χ4v) is 3.50. The van der Waals surface area contributed by atoms with Gasteiger partial charge in [-0.2, -0.15) is 0 Å². The number of aromatic carboxylic acids is 1. The molecule has 9 nitrogen and oxygen atoms in total. The zero-order chi connectivity index (χ0) is 19.8. The van der Waals surface area contributed by atoms with Crippen LogP contribution >= 0.6 is 0 Å². The maximum atomic E-state index is 12.4. The summed E-state index contributed by atoms with van der Waals surface area (Å²) in [6.07, 6.45) is 3.06. The van der Waals surface area contributed by atoms with Crippen molar-refractivity contribution in [2.24, 2.45) is 7.05 Å². The second-order valence-corrected chi connectivity index (χ2v) is 6.72. The van der Waals surface area contributed by atoms with Gasteiger partial charge in [-0.3, -0.25) is 4.79 Å². The van der Waals surface area contributed by atoms with Crippen molar-refractivity contribution in [3.05, 3.63) is 52.4 Å². The zero-order valence-corrected chi connectivity index (χ0v) is 15.4. The van der Waals surface area contributed by atoms with E-state index in [0.29, 0.717) is 30.2 Å². The van der Waals surface area contributed by atoms with Crippen LogP contribution in [0.5, 0.6) is 0 Å². The van der Waals surface area contributed by atoms with Crippen LogP contribution in [0.2, 0.25) is 0 Å². The molecule has 0 unspecified atom stereocenters. The summed E-state index contributed by atoms with van der Waals surface area (Å²) in [6.45, 7) is 2.96. The van der Waals surface area contributed by atoms with E-state index in [1.807, 2.05) is 18.2 Å². The van der Waals surface area contributed by atoms with Crippen LogP contribution in [0.4, 0.5) is 17.3 Å². The van der Waals surface area contributed by atoms with Crippen LogP contribution in [-0.2, 0) is 7.05 Å². The number of carbonyl (C=O) groups is 1. The average Bonchev–Trinajstić information content (AvgIpc) is 2.71. The van der Waals surface area contributed by atoms with E-state index in [0.717, 1.165) is 18.9 Å². The van der Waals surface area contributed by atoms with Gasteiger partial charge in [0.2, 0.25) is 5.43 Å². The van der Waals surface area contributed by atoms with Crippen LogP contribution in [0, 0.1) is 0 Å². The normalized spacial score (nSPS) is 14.5. The Hall–Kier alpha value is -3.62. The Bertz CT molecular complexity index is 1100. The first-order valence-electron chi connectivity index (χ1n) is 8.90. The number of anilines is 3. The number of aromatic nitrogens is 3. The molecule has 3 aromatic heterocycles.